The summed E-state index contributed by atoms with van der Waals surface area (Å²) in [5, 5.41) is 9.91. The number of aryl methyl sites for hydroxylation is 1. The molecule has 0 fully saturated rings. The van der Waals surface area contributed by atoms with E-state index >= 15 is 0 Å². The minimum Gasteiger partial charge on any atom is -0.356 e. The van der Waals surface area contributed by atoms with Crippen molar-refractivity contribution in [1.29, 1.82) is 0 Å². The number of carbonyl (C=O) groups is 1. The number of aromatic nitrogens is 4. The number of fused-ring (bicyclic) bond motifs is 2. The van der Waals surface area contributed by atoms with Gasteiger partial charge in [0, 0.05) is 23.3 Å². The Morgan fingerprint density at radius 2 is 1.88 bits per heavy atom. The monoisotopic (exact) mass is 423 g/mol. The molecule has 4 heterocycles. The highest BCUT2D eigenvalue weighted by Crippen LogP contribution is 2.31. The van der Waals surface area contributed by atoms with Crippen molar-refractivity contribution in [3.63, 3.8) is 0 Å². The fraction of sp³-hybridized carbons (Fsp3) is 0.160. The van der Waals surface area contributed by atoms with E-state index in [4.69, 9.17) is 9.62 Å². The molecule has 0 radical (unpaired) electrons. The molecular formula is C25H21N5O2. The number of hydrogen-bond donors (Lipinski definition) is 0. The molecule has 0 atom stereocenters. The third-order valence-electron chi connectivity index (χ3n) is 5.95. The first-order valence-electron chi connectivity index (χ1n) is 10.6. The van der Waals surface area contributed by atoms with Crippen molar-refractivity contribution >= 4 is 16.9 Å². The number of hydrogen-bond acceptors (Lipinski definition) is 4. The van der Waals surface area contributed by atoms with Crippen LogP contribution in [0, 0.1) is 6.92 Å². The third-order valence-corrected chi connectivity index (χ3v) is 5.95. The van der Waals surface area contributed by atoms with E-state index in [1.807, 2.05) is 64.4 Å². The number of para-hydroxylation sites is 1. The van der Waals surface area contributed by atoms with Crippen molar-refractivity contribution in [3.05, 3.63) is 95.6 Å². The molecule has 0 N–H and O–H groups in total. The van der Waals surface area contributed by atoms with Gasteiger partial charge < -0.3 is 14.0 Å². The summed E-state index contributed by atoms with van der Waals surface area (Å²) in [5.41, 5.74) is 5.55. The topological polar surface area (TPSA) is 69.1 Å². The van der Waals surface area contributed by atoms with Crippen LogP contribution in [0.2, 0.25) is 0 Å². The Kier molecular flexibility index (Phi) is 4.21. The highest BCUT2D eigenvalue weighted by molar-refractivity contribution is 5.86. The van der Waals surface area contributed by atoms with E-state index in [2.05, 4.69) is 34.8 Å². The van der Waals surface area contributed by atoms with Crippen LogP contribution < -0.4 is 0 Å². The summed E-state index contributed by atoms with van der Waals surface area (Å²) in [6, 6.07) is 19.9. The highest BCUT2D eigenvalue weighted by atomic mass is 16.5. The van der Waals surface area contributed by atoms with Gasteiger partial charge in [-0.15, -0.1) is 0 Å². The van der Waals surface area contributed by atoms with E-state index < -0.39 is 0 Å². The minimum atomic E-state index is 0.0163. The van der Waals surface area contributed by atoms with Crippen LogP contribution in [0.5, 0.6) is 0 Å². The lowest BCUT2D eigenvalue weighted by molar-refractivity contribution is -0.131. The van der Waals surface area contributed by atoms with Gasteiger partial charge in [-0.1, -0.05) is 29.4 Å². The van der Waals surface area contributed by atoms with Gasteiger partial charge in [-0.2, -0.15) is 5.10 Å². The van der Waals surface area contributed by atoms with Crippen molar-refractivity contribution < 1.29 is 9.32 Å². The molecule has 0 saturated heterocycles. The van der Waals surface area contributed by atoms with Crippen LogP contribution >= 0.6 is 0 Å². The second-order valence-electron chi connectivity index (χ2n) is 8.14. The fourth-order valence-corrected chi connectivity index (χ4v) is 4.38. The largest absolute Gasteiger partial charge is 0.356 e. The molecular weight excluding hydrogens is 402 g/mol. The maximum absolute atomic E-state index is 13.1. The number of rotatable bonds is 4. The Morgan fingerprint density at radius 1 is 1.03 bits per heavy atom. The molecule has 3 aromatic heterocycles. The molecule has 1 aliphatic heterocycles. The summed E-state index contributed by atoms with van der Waals surface area (Å²) in [4.78, 5) is 15.0. The van der Waals surface area contributed by atoms with Crippen molar-refractivity contribution in [2.75, 3.05) is 0 Å². The van der Waals surface area contributed by atoms with Gasteiger partial charge in [0.2, 0.25) is 5.91 Å². The lowest BCUT2D eigenvalue weighted by Gasteiger charge is -2.17. The average Bonchev–Trinajstić information content (AvgIpc) is 3.57. The fourth-order valence-electron chi connectivity index (χ4n) is 4.38. The van der Waals surface area contributed by atoms with E-state index in [1.54, 1.807) is 0 Å². The lowest BCUT2D eigenvalue weighted by atomic mass is 10.1. The van der Waals surface area contributed by atoms with Crippen LogP contribution in [0.15, 0.2) is 77.6 Å². The molecule has 0 spiro atoms. The number of benzene rings is 2. The summed E-state index contributed by atoms with van der Waals surface area (Å²) in [7, 11) is 0. The molecule has 0 bridgehead atoms. The zero-order valence-corrected chi connectivity index (χ0v) is 17.6. The first-order chi connectivity index (χ1) is 15.7. The van der Waals surface area contributed by atoms with E-state index in [0.29, 0.717) is 24.4 Å². The molecule has 1 amide bonds. The van der Waals surface area contributed by atoms with Gasteiger partial charge in [-0.25, -0.2) is 4.68 Å². The Morgan fingerprint density at radius 3 is 2.72 bits per heavy atom. The van der Waals surface area contributed by atoms with Gasteiger partial charge >= 0.3 is 0 Å². The average molecular weight is 423 g/mol. The van der Waals surface area contributed by atoms with E-state index in [9.17, 15) is 4.79 Å². The Balaban J connectivity index is 1.32. The van der Waals surface area contributed by atoms with Gasteiger partial charge in [-0.3, -0.25) is 4.79 Å². The Hall–Kier alpha value is -4.13. The number of amides is 1. The van der Waals surface area contributed by atoms with Crippen LogP contribution in [-0.2, 0) is 24.3 Å². The van der Waals surface area contributed by atoms with Gasteiger partial charge in [0.1, 0.15) is 11.5 Å². The van der Waals surface area contributed by atoms with Crippen LogP contribution in [0.3, 0.4) is 0 Å². The third kappa shape index (κ3) is 3.01. The smallest absolute Gasteiger partial charge is 0.229 e. The maximum Gasteiger partial charge on any atom is 0.229 e. The van der Waals surface area contributed by atoms with Crippen LogP contribution in [0.25, 0.3) is 22.5 Å². The minimum absolute atomic E-state index is 0.0163. The van der Waals surface area contributed by atoms with E-state index in [0.717, 1.165) is 28.1 Å². The van der Waals surface area contributed by atoms with Gasteiger partial charge in [0.15, 0.2) is 5.58 Å². The molecule has 32 heavy (non-hydrogen) atoms. The zero-order chi connectivity index (χ0) is 21.7. The van der Waals surface area contributed by atoms with E-state index in [1.165, 1.54) is 5.56 Å². The predicted molar refractivity (Wildman–Crippen MR) is 120 cm³/mol. The maximum atomic E-state index is 13.1. The van der Waals surface area contributed by atoms with Crippen LogP contribution in [0.4, 0.5) is 0 Å². The lowest BCUT2D eigenvalue weighted by Crippen LogP contribution is -2.28. The summed E-state index contributed by atoms with van der Waals surface area (Å²) < 4.78 is 9.40. The summed E-state index contributed by atoms with van der Waals surface area (Å²) in [6.07, 6.45) is 4.23. The van der Waals surface area contributed by atoms with Crippen LogP contribution in [-0.4, -0.2) is 30.3 Å². The molecule has 6 rings (SSSR count). The SMILES string of the molecule is Cc1cccc(-n2nc3c(c2-n2cccc2)CN(C(=O)Cc2noc4ccccc24)C3)c1. The summed E-state index contributed by atoms with van der Waals surface area (Å²) in [6.45, 7) is 3.07. The van der Waals surface area contributed by atoms with E-state index in [-0.39, 0.29) is 12.3 Å². The van der Waals surface area contributed by atoms with Crippen molar-refractivity contribution in [2.24, 2.45) is 0 Å². The molecule has 0 saturated carbocycles. The molecule has 7 heteroatoms. The normalized spacial score (nSPS) is 13.1. The first kappa shape index (κ1) is 18.6. The Bertz CT molecular complexity index is 1440. The van der Waals surface area contributed by atoms with Crippen molar-refractivity contribution in [1.82, 2.24) is 24.4 Å². The quantitative estimate of drug-likeness (QED) is 0.435. The van der Waals surface area contributed by atoms with Gasteiger partial charge in [0.05, 0.1) is 30.9 Å². The second kappa shape index (κ2) is 7.23. The van der Waals surface area contributed by atoms with Gasteiger partial charge in [-0.05, 0) is 48.9 Å². The zero-order valence-electron chi connectivity index (χ0n) is 17.6. The molecule has 7 nitrogen and oxygen atoms in total. The summed E-state index contributed by atoms with van der Waals surface area (Å²) in [5.74, 6) is 0.986. The predicted octanol–water partition coefficient (Wildman–Crippen LogP) is 4.20. The molecule has 158 valence electrons. The molecule has 5 aromatic rings. The first-order valence-corrected chi connectivity index (χ1v) is 10.6. The molecule has 2 aromatic carbocycles. The van der Waals surface area contributed by atoms with Crippen molar-refractivity contribution in [2.45, 2.75) is 26.4 Å². The summed E-state index contributed by atoms with van der Waals surface area (Å²) >= 11 is 0. The number of nitrogens with zero attached hydrogens (tertiary/aromatic N) is 5. The molecule has 0 aliphatic carbocycles. The standard InChI is InChI=1S/C25H21N5O2/c1-17-7-6-8-18(13-17)30-25(28-11-4-5-12-28)20-15-29(16-22(20)26-30)24(31)14-21-19-9-2-3-10-23(19)32-27-21/h2-13H,14-16H2,1H3. The number of carbonyl (C=O) groups excluding carboxylic acids is 1. The second-order valence-corrected chi connectivity index (χ2v) is 8.14. The van der Waals surface area contributed by atoms with Crippen molar-refractivity contribution in [3.8, 4) is 11.5 Å². The molecule has 1 aliphatic rings. The molecule has 0 unspecified atom stereocenters. The van der Waals surface area contributed by atoms with Gasteiger partial charge in [0.25, 0.3) is 0 Å². The Labute approximate surface area is 184 Å². The van der Waals surface area contributed by atoms with Crippen LogP contribution in [0.1, 0.15) is 22.5 Å². The highest BCUT2D eigenvalue weighted by Gasteiger charge is 2.32.